The van der Waals surface area contributed by atoms with E-state index >= 15 is 0 Å². The second-order valence-electron chi connectivity index (χ2n) is 3.51. The van der Waals surface area contributed by atoms with Gasteiger partial charge in [0.1, 0.15) is 0 Å². The Morgan fingerprint density at radius 1 is 1.44 bits per heavy atom. The van der Waals surface area contributed by atoms with E-state index in [0.717, 1.165) is 10.7 Å². The van der Waals surface area contributed by atoms with E-state index < -0.39 is 11.8 Å². The van der Waals surface area contributed by atoms with Crippen LogP contribution in [0.3, 0.4) is 0 Å². The lowest BCUT2D eigenvalue weighted by atomic mass is 10.3. The summed E-state index contributed by atoms with van der Waals surface area (Å²) in [7, 11) is 0. The third-order valence-electron chi connectivity index (χ3n) is 1.96. The molecule has 18 heavy (non-hydrogen) atoms. The quantitative estimate of drug-likeness (QED) is 0.501. The van der Waals surface area contributed by atoms with E-state index in [2.05, 4.69) is 27.8 Å². The third kappa shape index (κ3) is 5.19. The topological polar surface area (TPSA) is 97.1 Å². The van der Waals surface area contributed by atoms with Crippen LogP contribution in [0.25, 0.3) is 0 Å². The van der Waals surface area contributed by atoms with E-state index in [0.29, 0.717) is 13.0 Å². The van der Waals surface area contributed by atoms with Gasteiger partial charge in [-0.25, -0.2) is 4.98 Å². The fourth-order valence-corrected chi connectivity index (χ4v) is 1.87. The molecule has 0 aliphatic carbocycles. The Kier molecular flexibility index (Phi) is 5.66. The fourth-order valence-electron chi connectivity index (χ4n) is 1.16. The smallest absolute Gasteiger partial charge is 0.309 e. The second-order valence-corrected chi connectivity index (χ2v) is 5.10. The zero-order valence-electron chi connectivity index (χ0n) is 9.86. The summed E-state index contributed by atoms with van der Waals surface area (Å²) >= 11 is 6.13. The highest BCUT2D eigenvalue weighted by Crippen LogP contribution is 2.07. The van der Waals surface area contributed by atoms with E-state index in [9.17, 15) is 9.59 Å². The fraction of sp³-hybridized carbons (Fsp3) is 0.400. The molecule has 0 bridgehead atoms. The highest BCUT2D eigenvalue weighted by molar-refractivity contribution is 7.80. The Bertz CT molecular complexity index is 458. The molecule has 0 aliphatic rings. The predicted molar refractivity (Wildman–Crippen MR) is 73.4 cm³/mol. The molecule has 0 radical (unpaired) electrons. The van der Waals surface area contributed by atoms with E-state index in [1.54, 1.807) is 11.3 Å². The van der Waals surface area contributed by atoms with Crippen molar-refractivity contribution >= 4 is 40.4 Å². The standard InChI is InChI=1S/C10H14N4O2S2/c1-6-14-7(5-18-6)2-3-12-9(15)10(16)13-4-8(11)17/h5H,2-4H2,1H3,(H2,11,17)(H,12,15)(H,13,16). The molecule has 2 amide bonds. The number of amides is 2. The molecule has 1 heterocycles. The largest absolute Gasteiger partial charge is 0.392 e. The molecular formula is C10H14N4O2S2. The minimum absolute atomic E-state index is 0.0207. The first-order valence-electron chi connectivity index (χ1n) is 5.24. The number of carbonyl (C=O) groups excluding carboxylic acids is 2. The van der Waals surface area contributed by atoms with Gasteiger partial charge >= 0.3 is 11.8 Å². The van der Waals surface area contributed by atoms with Crippen molar-refractivity contribution in [2.24, 2.45) is 5.73 Å². The summed E-state index contributed by atoms with van der Waals surface area (Å²) < 4.78 is 0. The Labute approximate surface area is 114 Å². The van der Waals surface area contributed by atoms with Crippen LogP contribution in [-0.2, 0) is 16.0 Å². The van der Waals surface area contributed by atoms with E-state index in [1.807, 2.05) is 12.3 Å². The van der Waals surface area contributed by atoms with Crippen LogP contribution >= 0.6 is 23.6 Å². The van der Waals surface area contributed by atoms with Crippen LogP contribution < -0.4 is 16.4 Å². The summed E-state index contributed by atoms with van der Waals surface area (Å²) in [4.78, 5) is 26.9. The number of nitrogens with one attached hydrogen (secondary N) is 2. The summed E-state index contributed by atoms with van der Waals surface area (Å²) in [6.07, 6.45) is 0.596. The van der Waals surface area contributed by atoms with Crippen LogP contribution in [0.2, 0.25) is 0 Å². The van der Waals surface area contributed by atoms with Crippen molar-refractivity contribution in [3.05, 3.63) is 16.1 Å². The van der Waals surface area contributed by atoms with Gasteiger partial charge in [-0.2, -0.15) is 0 Å². The predicted octanol–water partition coefficient (Wildman–Crippen LogP) is -0.487. The first kappa shape index (κ1) is 14.5. The van der Waals surface area contributed by atoms with Gasteiger partial charge in [0, 0.05) is 18.3 Å². The van der Waals surface area contributed by atoms with Gasteiger partial charge in [0.25, 0.3) is 0 Å². The van der Waals surface area contributed by atoms with Crippen molar-refractivity contribution in [1.82, 2.24) is 15.6 Å². The minimum Gasteiger partial charge on any atom is -0.392 e. The van der Waals surface area contributed by atoms with Gasteiger partial charge in [-0.15, -0.1) is 11.3 Å². The minimum atomic E-state index is -0.739. The molecule has 0 aliphatic heterocycles. The summed E-state index contributed by atoms with van der Waals surface area (Å²) in [5.41, 5.74) is 6.10. The zero-order valence-corrected chi connectivity index (χ0v) is 11.5. The summed E-state index contributed by atoms with van der Waals surface area (Å²) in [6, 6.07) is 0. The number of thiocarbonyl (C=S) groups is 1. The van der Waals surface area contributed by atoms with Gasteiger partial charge in [-0.3, -0.25) is 9.59 Å². The number of aromatic nitrogens is 1. The first-order valence-corrected chi connectivity index (χ1v) is 6.53. The number of nitrogens with zero attached hydrogens (tertiary/aromatic N) is 1. The second kappa shape index (κ2) is 7.02. The van der Waals surface area contributed by atoms with Crippen molar-refractivity contribution in [2.45, 2.75) is 13.3 Å². The van der Waals surface area contributed by atoms with Gasteiger partial charge in [0.15, 0.2) is 0 Å². The molecule has 98 valence electrons. The van der Waals surface area contributed by atoms with Crippen LogP contribution in [0.15, 0.2) is 5.38 Å². The van der Waals surface area contributed by atoms with E-state index in [4.69, 9.17) is 5.73 Å². The monoisotopic (exact) mass is 286 g/mol. The molecule has 0 unspecified atom stereocenters. The van der Waals surface area contributed by atoms with Gasteiger partial charge in [-0.1, -0.05) is 12.2 Å². The van der Waals surface area contributed by atoms with Crippen molar-refractivity contribution in [1.29, 1.82) is 0 Å². The highest BCUT2D eigenvalue weighted by atomic mass is 32.1. The van der Waals surface area contributed by atoms with Crippen LogP contribution in [0.4, 0.5) is 0 Å². The Morgan fingerprint density at radius 2 is 2.11 bits per heavy atom. The lowest BCUT2D eigenvalue weighted by Gasteiger charge is -2.04. The summed E-state index contributed by atoms with van der Waals surface area (Å²) in [6.45, 7) is 2.30. The summed E-state index contributed by atoms with van der Waals surface area (Å²) in [5.74, 6) is -1.43. The lowest BCUT2D eigenvalue weighted by molar-refractivity contribution is -0.139. The molecule has 0 atom stereocenters. The van der Waals surface area contributed by atoms with E-state index in [1.165, 1.54) is 0 Å². The van der Waals surface area contributed by atoms with Crippen LogP contribution in [-0.4, -0.2) is 34.9 Å². The Hall–Kier alpha value is -1.54. The molecule has 0 saturated heterocycles. The number of rotatable bonds is 5. The number of carbonyl (C=O) groups is 2. The van der Waals surface area contributed by atoms with Crippen molar-refractivity contribution in [3.8, 4) is 0 Å². The zero-order chi connectivity index (χ0) is 13.5. The van der Waals surface area contributed by atoms with Gasteiger partial charge in [-0.05, 0) is 6.92 Å². The van der Waals surface area contributed by atoms with Crippen molar-refractivity contribution in [3.63, 3.8) is 0 Å². The van der Waals surface area contributed by atoms with Crippen molar-refractivity contribution < 1.29 is 9.59 Å². The third-order valence-corrected chi connectivity index (χ3v) is 2.93. The molecule has 1 rings (SSSR count). The van der Waals surface area contributed by atoms with Gasteiger partial charge < -0.3 is 16.4 Å². The maximum atomic E-state index is 11.3. The van der Waals surface area contributed by atoms with Crippen LogP contribution in [0.1, 0.15) is 10.7 Å². The molecule has 0 spiro atoms. The Balaban J connectivity index is 2.24. The Morgan fingerprint density at radius 3 is 2.67 bits per heavy atom. The molecule has 6 nitrogen and oxygen atoms in total. The number of nitrogens with two attached hydrogens (primary N) is 1. The van der Waals surface area contributed by atoms with Crippen LogP contribution in [0, 0.1) is 6.92 Å². The average molecular weight is 286 g/mol. The normalized spacial score (nSPS) is 9.83. The summed E-state index contributed by atoms with van der Waals surface area (Å²) in [5, 5.41) is 7.70. The van der Waals surface area contributed by atoms with Crippen molar-refractivity contribution in [2.75, 3.05) is 13.1 Å². The number of hydrogen-bond acceptors (Lipinski definition) is 5. The lowest BCUT2D eigenvalue weighted by Crippen LogP contribution is -2.43. The maximum absolute atomic E-state index is 11.3. The molecule has 0 fully saturated rings. The molecule has 1 aromatic heterocycles. The first-order chi connectivity index (χ1) is 8.49. The number of aryl methyl sites for hydroxylation is 1. The SMILES string of the molecule is Cc1nc(CCNC(=O)C(=O)NCC(N)=S)cs1. The van der Waals surface area contributed by atoms with E-state index in [-0.39, 0.29) is 11.5 Å². The molecule has 0 saturated carbocycles. The molecule has 1 aromatic rings. The number of thiazole rings is 1. The maximum Gasteiger partial charge on any atom is 0.309 e. The average Bonchev–Trinajstić information content (AvgIpc) is 2.71. The number of hydrogen-bond donors (Lipinski definition) is 3. The van der Waals surface area contributed by atoms with Gasteiger partial charge in [0.05, 0.1) is 22.2 Å². The molecule has 4 N–H and O–H groups in total. The molecule has 8 heteroatoms. The molecular weight excluding hydrogens is 272 g/mol. The molecule has 0 aromatic carbocycles. The highest BCUT2D eigenvalue weighted by Gasteiger charge is 2.12. The van der Waals surface area contributed by atoms with Gasteiger partial charge in [0.2, 0.25) is 0 Å². The van der Waals surface area contributed by atoms with Crippen LogP contribution in [0.5, 0.6) is 0 Å².